The highest BCUT2D eigenvalue weighted by Crippen LogP contribution is 2.45. The molecule has 1 saturated heterocycles. The van der Waals surface area contributed by atoms with Crippen molar-refractivity contribution in [2.75, 3.05) is 5.75 Å². The Morgan fingerprint density at radius 1 is 1.47 bits per heavy atom. The summed E-state index contributed by atoms with van der Waals surface area (Å²) in [6.45, 7) is 2.30. The van der Waals surface area contributed by atoms with Gasteiger partial charge in [-0.1, -0.05) is 0 Å². The molecule has 0 radical (unpaired) electrons. The van der Waals surface area contributed by atoms with Gasteiger partial charge < -0.3 is 5.11 Å². The molecule has 15 heavy (non-hydrogen) atoms. The fourth-order valence-corrected chi connectivity index (χ4v) is 3.64. The third kappa shape index (κ3) is 1.62. The third-order valence-corrected chi connectivity index (χ3v) is 5.70. The van der Waals surface area contributed by atoms with Crippen LogP contribution in [-0.2, 0) is 14.6 Å². The van der Waals surface area contributed by atoms with Gasteiger partial charge in [0.25, 0.3) is 0 Å². The third-order valence-electron chi connectivity index (χ3n) is 3.04. The standard InChI is InChI=1S/C8H12F2O4S/c1-7(2)5(3-4-15(7,13)14)8(9,10)6(11)12/h5H,3-4H2,1-2H3,(H,11,12). The van der Waals surface area contributed by atoms with Crippen molar-refractivity contribution in [3.8, 4) is 0 Å². The molecule has 1 N–H and O–H groups in total. The first kappa shape index (κ1) is 12.4. The molecule has 1 heterocycles. The quantitative estimate of drug-likeness (QED) is 0.781. The first-order chi connectivity index (χ1) is 6.53. The molecule has 0 bridgehead atoms. The number of carboxylic acid groups (broad SMARTS) is 1. The molecule has 0 aromatic carbocycles. The van der Waals surface area contributed by atoms with Crippen molar-refractivity contribution in [3.63, 3.8) is 0 Å². The van der Waals surface area contributed by atoms with Crippen LogP contribution in [0, 0.1) is 5.92 Å². The van der Waals surface area contributed by atoms with E-state index in [-0.39, 0.29) is 12.2 Å². The first-order valence-electron chi connectivity index (χ1n) is 4.37. The van der Waals surface area contributed by atoms with Crippen LogP contribution in [0.15, 0.2) is 0 Å². The van der Waals surface area contributed by atoms with E-state index in [0.29, 0.717) is 0 Å². The Balaban J connectivity index is 3.18. The maximum Gasteiger partial charge on any atom is 0.374 e. The minimum atomic E-state index is -3.99. The Morgan fingerprint density at radius 3 is 2.20 bits per heavy atom. The minimum Gasteiger partial charge on any atom is -0.477 e. The summed E-state index contributed by atoms with van der Waals surface area (Å²) in [5, 5.41) is 8.36. The van der Waals surface area contributed by atoms with Crippen LogP contribution in [-0.4, -0.2) is 35.9 Å². The number of hydrogen-bond acceptors (Lipinski definition) is 3. The lowest BCUT2D eigenvalue weighted by Gasteiger charge is -2.29. The second-order valence-electron chi connectivity index (χ2n) is 4.19. The summed E-state index contributed by atoms with van der Waals surface area (Å²) < 4.78 is 47.6. The lowest BCUT2D eigenvalue weighted by Crippen LogP contribution is -2.47. The number of hydrogen-bond donors (Lipinski definition) is 1. The fourth-order valence-electron chi connectivity index (χ4n) is 1.87. The van der Waals surface area contributed by atoms with E-state index in [1.807, 2.05) is 0 Å². The fraction of sp³-hybridized carbons (Fsp3) is 0.875. The van der Waals surface area contributed by atoms with E-state index >= 15 is 0 Å². The van der Waals surface area contributed by atoms with E-state index < -0.39 is 32.4 Å². The Bertz CT molecular complexity index is 385. The van der Waals surface area contributed by atoms with Crippen molar-refractivity contribution >= 4 is 15.8 Å². The first-order valence-corrected chi connectivity index (χ1v) is 6.02. The van der Waals surface area contributed by atoms with Crippen molar-refractivity contribution in [1.82, 2.24) is 0 Å². The van der Waals surface area contributed by atoms with Crippen molar-refractivity contribution in [2.45, 2.75) is 30.9 Å². The molecule has 0 amide bonds. The van der Waals surface area contributed by atoms with Gasteiger partial charge in [-0.3, -0.25) is 0 Å². The van der Waals surface area contributed by atoms with E-state index in [1.54, 1.807) is 0 Å². The van der Waals surface area contributed by atoms with Crippen LogP contribution in [0.5, 0.6) is 0 Å². The molecule has 7 heteroatoms. The number of sulfone groups is 1. The topological polar surface area (TPSA) is 71.4 Å². The van der Waals surface area contributed by atoms with Crippen molar-refractivity contribution in [1.29, 1.82) is 0 Å². The van der Waals surface area contributed by atoms with Gasteiger partial charge in [-0.25, -0.2) is 13.2 Å². The van der Waals surface area contributed by atoms with Crippen LogP contribution in [0.25, 0.3) is 0 Å². The summed E-state index contributed by atoms with van der Waals surface area (Å²) in [5.41, 5.74) is 0. The predicted molar refractivity (Wildman–Crippen MR) is 48.6 cm³/mol. The van der Waals surface area contributed by atoms with E-state index in [2.05, 4.69) is 0 Å². The van der Waals surface area contributed by atoms with Crippen molar-refractivity contribution < 1.29 is 27.1 Å². The van der Waals surface area contributed by atoms with Gasteiger partial charge >= 0.3 is 11.9 Å². The maximum atomic E-state index is 13.2. The van der Waals surface area contributed by atoms with Gasteiger partial charge in [-0.05, 0) is 20.3 Å². The monoisotopic (exact) mass is 242 g/mol. The van der Waals surface area contributed by atoms with Crippen LogP contribution in [0.1, 0.15) is 20.3 Å². The van der Waals surface area contributed by atoms with E-state index in [0.717, 1.165) is 13.8 Å². The zero-order valence-electron chi connectivity index (χ0n) is 8.33. The van der Waals surface area contributed by atoms with Crippen LogP contribution in [0.2, 0.25) is 0 Å². The van der Waals surface area contributed by atoms with Crippen LogP contribution < -0.4 is 0 Å². The number of alkyl halides is 2. The van der Waals surface area contributed by atoms with E-state index in [4.69, 9.17) is 5.11 Å². The summed E-state index contributed by atoms with van der Waals surface area (Å²) in [5.74, 6) is -8.30. The lowest BCUT2D eigenvalue weighted by atomic mass is 9.87. The number of halogens is 2. The maximum absolute atomic E-state index is 13.2. The predicted octanol–water partition coefficient (Wildman–Crippen LogP) is 0.920. The smallest absolute Gasteiger partial charge is 0.374 e. The zero-order chi connectivity index (χ0) is 12.1. The summed E-state index contributed by atoms with van der Waals surface area (Å²) in [4.78, 5) is 10.4. The molecule has 0 saturated carbocycles. The molecule has 0 aromatic rings. The Labute approximate surface area is 86.2 Å². The highest BCUT2D eigenvalue weighted by Gasteiger charge is 2.61. The normalized spacial score (nSPS) is 28.9. The van der Waals surface area contributed by atoms with Gasteiger partial charge in [0.1, 0.15) is 0 Å². The van der Waals surface area contributed by atoms with Gasteiger partial charge in [-0.15, -0.1) is 0 Å². The number of aliphatic carboxylic acids is 1. The Kier molecular flexibility index (Phi) is 2.58. The number of rotatable bonds is 2. The van der Waals surface area contributed by atoms with Gasteiger partial charge in [0.2, 0.25) is 0 Å². The minimum absolute atomic E-state index is 0.311. The van der Waals surface area contributed by atoms with Crippen LogP contribution in [0.3, 0.4) is 0 Å². The zero-order valence-corrected chi connectivity index (χ0v) is 9.14. The molecule has 1 rings (SSSR count). The number of carboxylic acids is 1. The molecular formula is C8H12F2O4S. The molecular weight excluding hydrogens is 230 g/mol. The lowest BCUT2D eigenvalue weighted by molar-refractivity contribution is -0.174. The van der Waals surface area contributed by atoms with Crippen molar-refractivity contribution in [3.05, 3.63) is 0 Å². The van der Waals surface area contributed by atoms with E-state index in [9.17, 15) is 22.0 Å². The highest BCUT2D eigenvalue weighted by molar-refractivity contribution is 7.93. The second-order valence-corrected chi connectivity index (χ2v) is 6.88. The molecule has 0 spiro atoms. The van der Waals surface area contributed by atoms with Crippen LogP contribution >= 0.6 is 0 Å². The molecule has 1 aliphatic heterocycles. The average Bonchev–Trinajstić information content (AvgIpc) is 2.22. The molecule has 0 aliphatic carbocycles. The van der Waals surface area contributed by atoms with Crippen LogP contribution in [0.4, 0.5) is 8.78 Å². The molecule has 1 fully saturated rings. The molecule has 1 unspecified atom stereocenters. The molecule has 1 atom stereocenters. The molecule has 88 valence electrons. The molecule has 0 aromatic heterocycles. The summed E-state index contributed by atoms with van der Waals surface area (Å²) >= 11 is 0. The van der Waals surface area contributed by atoms with E-state index in [1.165, 1.54) is 0 Å². The SMILES string of the molecule is CC1(C)C(C(F)(F)C(=O)O)CCS1(=O)=O. The average molecular weight is 242 g/mol. The summed E-state index contributed by atoms with van der Waals surface area (Å²) in [6.07, 6.45) is -0.311. The van der Waals surface area contributed by atoms with Gasteiger partial charge in [0, 0.05) is 0 Å². The largest absolute Gasteiger partial charge is 0.477 e. The van der Waals surface area contributed by atoms with Gasteiger partial charge in [0.05, 0.1) is 16.4 Å². The van der Waals surface area contributed by atoms with Crippen molar-refractivity contribution in [2.24, 2.45) is 5.92 Å². The highest BCUT2D eigenvalue weighted by atomic mass is 32.2. The number of carbonyl (C=O) groups is 1. The summed E-state index contributed by atoms with van der Waals surface area (Å²) in [7, 11) is -3.63. The van der Waals surface area contributed by atoms with Gasteiger partial charge in [0.15, 0.2) is 9.84 Å². The Morgan fingerprint density at radius 2 is 1.93 bits per heavy atom. The van der Waals surface area contributed by atoms with Gasteiger partial charge in [-0.2, -0.15) is 8.78 Å². The second kappa shape index (κ2) is 3.13. The Hall–Kier alpha value is -0.720. The summed E-state index contributed by atoms with van der Waals surface area (Å²) in [6, 6.07) is 0. The molecule has 1 aliphatic rings. The molecule has 4 nitrogen and oxygen atoms in total.